The molecule has 0 radical (unpaired) electrons. The van der Waals surface area contributed by atoms with E-state index in [2.05, 4.69) is 36.2 Å². The van der Waals surface area contributed by atoms with Gasteiger partial charge in [0.1, 0.15) is 5.75 Å². The Kier molecular flexibility index (Phi) is 5.91. The van der Waals surface area contributed by atoms with Gasteiger partial charge in [-0.3, -0.25) is 4.79 Å². The molecule has 134 valence electrons. The van der Waals surface area contributed by atoms with Crippen LogP contribution in [0.3, 0.4) is 0 Å². The lowest BCUT2D eigenvalue weighted by atomic mass is 10.1. The van der Waals surface area contributed by atoms with Crippen molar-refractivity contribution in [1.82, 2.24) is 4.57 Å². The van der Waals surface area contributed by atoms with Gasteiger partial charge < -0.3 is 9.30 Å². The molecule has 3 aromatic rings. The molecular formula is C20H19ClN2O2S. The van der Waals surface area contributed by atoms with Crippen LogP contribution in [-0.2, 0) is 11.3 Å². The first-order valence-electron chi connectivity index (χ1n) is 8.21. The second-order valence-corrected chi connectivity index (χ2v) is 7.28. The fraction of sp³-hybridized carbons (Fsp3) is 0.200. The van der Waals surface area contributed by atoms with Gasteiger partial charge in [0.05, 0.1) is 0 Å². The van der Waals surface area contributed by atoms with E-state index < -0.39 is 6.10 Å². The van der Waals surface area contributed by atoms with Crippen molar-refractivity contribution in [2.24, 2.45) is 4.99 Å². The molecule has 1 amide bonds. The zero-order valence-electron chi connectivity index (χ0n) is 14.6. The Labute approximate surface area is 161 Å². The average Bonchev–Trinajstić information content (AvgIpc) is 3.03. The van der Waals surface area contributed by atoms with Gasteiger partial charge in [-0.05, 0) is 37.6 Å². The molecule has 0 aliphatic carbocycles. The molecule has 0 aliphatic rings. The van der Waals surface area contributed by atoms with Crippen LogP contribution in [0.1, 0.15) is 18.1 Å². The number of carbonyl (C=O) groups is 1. The van der Waals surface area contributed by atoms with Crippen molar-refractivity contribution in [3.05, 3.63) is 81.1 Å². The van der Waals surface area contributed by atoms with Crippen LogP contribution in [0.4, 0.5) is 0 Å². The van der Waals surface area contributed by atoms with Crippen molar-refractivity contribution < 1.29 is 9.53 Å². The number of rotatable bonds is 5. The van der Waals surface area contributed by atoms with Crippen LogP contribution in [0, 0.1) is 6.92 Å². The highest BCUT2D eigenvalue weighted by atomic mass is 35.5. The van der Waals surface area contributed by atoms with Gasteiger partial charge >= 0.3 is 0 Å². The Balaban J connectivity index is 1.74. The number of benzene rings is 2. The lowest BCUT2D eigenvalue weighted by molar-refractivity contribution is -0.124. The summed E-state index contributed by atoms with van der Waals surface area (Å²) < 4.78 is 7.60. The molecule has 0 saturated carbocycles. The molecule has 26 heavy (non-hydrogen) atoms. The Bertz CT molecular complexity index is 960. The number of hydrogen-bond donors (Lipinski definition) is 0. The molecule has 1 aromatic heterocycles. The van der Waals surface area contributed by atoms with E-state index in [0.717, 1.165) is 5.56 Å². The third-order valence-electron chi connectivity index (χ3n) is 3.80. The lowest BCUT2D eigenvalue weighted by Gasteiger charge is -2.11. The summed E-state index contributed by atoms with van der Waals surface area (Å²) in [6.45, 7) is 4.41. The summed E-state index contributed by atoms with van der Waals surface area (Å²) in [6.07, 6.45) is 1.24. The maximum Gasteiger partial charge on any atom is 0.289 e. The maximum absolute atomic E-state index is 12.4. The first-order valence-corrected chi connectivity index (χ1v) is 9.47. The molecule has 0 aliphatic heterocycles. The Morgan fingerprint density at radius 2 is 2.04 bits per heavy atom. The van der Waals surface area contributed by atoms with Gasteiger partial charge in [0.25, 0.3) is 5.91 Å². The standard InChI is InChI=1S/C20H19ClN2O2S/c1-14-6-8-16(9-7-14)13-23-10-11-26-20(23)22-19(24)15(2)25-18-5-3-4-17(21)12-18/h3-12,15H,13H2,1-2H3/t15-/m1/s1. The van der Waals surface area contributed by atoms with Crippen molar-refractivity contribution in [2.45, 2.75) is 26.5 Å². The molecular weight excluding hydrogens is 368 g/mol. The van der Waals surface area contributed by atoms with Gasteiger partial charge in [-0.25, -0.2) is 0 Å². The minimum atomic E-state index is -0.691. The predicted octanol–water partition coefficient (Wildman–Crippen LogP) is 4.45. The molecule has 6 heteroatoms. The lowest BCUT2D eigenvalue weighted by Crippen LogP contribution is -2.26. The SMILES string of the molecule is Cc1ccc(Cn2ccsc2=NC(=O)[C@@H](C)Oc2cccc(Cl)c2)cc1. The van der Waals surface area contributed by atoms with E-state index >= 15 is 0 Å². The normalized spacial score (nSPS) is 12.8. The largest absolute Gasteiger partial charge is 0.481 e. The number of aromatic nitrogens is 1. The first kappa shape index (κ1) is 18.4. The number of carbonyl (C=O) groups excluding carboxylic acids is 1. The van der Waals surface area contributed by atoms with Crippen LogP contribution >= 0.6 is 22.9 Å². The third kappa shape index (κ3) is 4.84. The van der Waals surface area contributed by atoms with Crippen molar-refractivity contribution in [3.8, 4) is 5.75 Å². The number of aryl methyl sites for hydroxylation is 1. The molecule has 0 bridgehead atoms. The highest BCUT2D eigenvalue weighted by molar-refractivity contribution is 7.07. The fourth-order valence-electron chi connectivity index (χ4n) is 2.38. The van der Waals surface area contributed by atoms with E-state index in [1.165, 1.54) is 16.9 Å². The highest BCUT2D eigenvalue weighted by Gasteiger charge is 2.14. The van der Waals surface area contributed by atoms with E-state index in [9.17, 15) is 4.79 Å². The van der Waals surface area contributed by atoms with Gasteiger partial charge in [0, 0.05) is 23.1 Å². The van der Waals surface area contributed by atoms with Crippen molar-refractivity contribution in [2.75, 3.05) is 0 Å². The van der Waals surface area contributed by atoms with Crippen LogP contribution in [0.15, 0.2) is 65.1 Å². The summed E-state index contributed by atoms with van der Waals surface area (Å²) >= 11 is 7.37. The van der Waals surface area contributed by atoms with E-state index in [1.54, 1.807) is 31.2 Å². The predicted molar refractivity (Wildman–Crippen MR) is 105 cm³/mol. The van der Waals surface area contributed by atoms with E-state index in [-0.39, 0.29) is 5.91 Å². The van der Waals surface area contributed by atoms with Crippen LogP contribution < -0.4 is 9.54 Å². The molecule has 2 aromatic carbocycles. The summed E-state index contributed by atoms with van der Waals surface area (Å²) in [5, 5.41) is 2.48. The van der Waals surface area contributed by atoms with Crippen molar-refractivity contribution in [3.63, 3.8) is 0 Å². The molecule has 1 atom stereocenters. The fourth-order valence-corrected chi connectivity index (χ4v) is 3.29. The minimum Gasteiger partial charge on any atom is -0.481 e. The highest BCUT2D eigenvalue weighted by Crippen LogP contribution is 2.18. The van der Waals surface area contributed by atoms with Gasteiger partial charge in [0.2, 0.25) is 0 Å². The van der Waals surface area contributed by atoms with Gasteiger partial charge in [-0.2, -0.15) is 4.99 Å². The Morgan fingerprint density at radius 1 is 1.27 bits per heavy atom. The number of halogens is 1. The smallest absolute Gasteiger partial charge is 0.289 e. The molecule has 1 heterocycles. The molecule has 0 fully saturated rings. The topological polar surface area (TPSA) is 43.6 Å². The van der Waals surface area contributed by atoms with Gasteiger partial charge in [0.15, 0.2) is 10.9 Å². The summed E-state index contributed by atoms with van der Waals surface area (Å²) in [6, 6.07) is 15.3. The maximum atomic E-state index is 12.4. The minimum absolute atomic E-state index is 0.329. The average molecular weight is 387 g/mol. The molecule has 0 N–H and O–H groups in total. The monoisotopic (exact) mass is 386 g/mol. The summed E-state index contributed by atoms with van der Waals surface area (Å²) in [5.74, 6) is 0.220. The second-order valence-electron chi connectivity index (χ2n) is 5.97. The molecule has 0 unspecified atom stereocenters. The summed E-state index contributed by atoms with van der Waals surface area (Å²) in [5.41, 5.74) is 2.38. The third-order valence-corrected chi connectivity index (χ3v) is 4.83. The van der Waals surface area contributed by atoms with E-state index in [1.807, 2.05) is 16.1 Å². The quantitative estimate of drug-likeness (QED) is 0.650. The number of amides is 1. The van der Waals surface area contributed by atoms with E-state index in [0.29, 0.717) is 22.1 Å². The van der Waals surface area contributed by atoms with Crippen LogP contribution in [0.5, 0.6) is 5.75 Å². The zero-order chi connectivity index (χ0) is 18.5. The van der Waals surface area contributed by atoms with Crippen LogP contribution in [-0.4, -0.2) is 16.6 Å². The zero-order valence-corrected chi connectivity index (χ0v) is 16.1. The Morgan fingerprint density at radius 3 is 2.77 bits per heavy atom. The van der Waals surface area contributed by atoms with Crippen LogP contribution in [0.2, 0.25) is 5.02 Å². The number of hydrogen-bond acceptors (Lipinski definition) is 3. The summed E-state index contributed by atoms with van der Waals surface area (Å²) in [4.78, 5) is 17.3. The first-order chi connectivity index (χ1) is 12.5. The van der Waals surface area contributed by atoms with Gasteiger partial charge in [-0.1, -0.05) is 47.5 Å². The number of thiazole rings is 1. The van der Waals surface area contributed by atoms with Crippen LogP contribution in [0.25, 0.3) is 0 Å². The van der Waals surface area contributed by atoms with Gasteiger partial charge in [-0.15, -0.1) is 11.3 Å². The Hall–Kier alpha value is -2.37. The van der Waals surface area contributed by atoms with Crippen molar-refractivity contribution in [1.29, 1.82) is 0 Å². The molecule has 0 spiro atoms. The number of nitrogens with zero attached hydrogens (tertiary/aromatic N) is 2. The second kappa shape index (κ2) is 8.34. The number of ether oxygens (including phenoxy) is 1. The van der Waals surface area contributed by atoms with E-state index in [4.69, 9.17) is 16.3 Å². The summed E-state index contributed by atoms with van der Waals surface area (Å²) in [7, 11) is 0. The molecule has 4 nitrogen and oxygen atoms in total. The molecule has 0 saturated heterocycles. The van der Waals surface area contributed by atoms with Crippen molar-refractivity contribution >= 4 is 28.8 Å². The molecule has 3 rings (SSSR count).